The van der Waals surface area contributed by atoms with Crippen molar-refractivity contribution in [1.29, 1.82) is 0 Å². The smallest absolute Gasteiger partial charge is 0.308 e. The summed E-state index contributed by atoms with van der Waals surface area (Å²) in [6.45, 7) is 2.19. The standard InChI is InChI=1S/C16H19ClN2O4S/c1-2-23-16(20)10-3-6-12(7-4-10)18-15-13-9-11(17)5-8-14(13)24(21,22)19-15/h5,8-10,12H,2-4,6-7H2,1H3,(H,18,19). The maximum absolute atomic E-state index is 12.1. The molecule has 1 aliphatic carbocycles. The highest BCUT2D eigenvalue weighted by molar-refractivity contribution is 7.90. The second kappa shape index (κ2) is 6.72. The molecule has 3 rings (SSSR count). The molecule has 8 heteroatoms. The minimum absolute atomic E-state index is 0.0155. The van der Waals surface area contributed by atoms with Gasteiger partial charge in [-0.25, -0.2) is 8.42 Å². The van der Waals surface area contributed by atoms with Crippen LogP contribution < -0.4 is 4.72 Å². The summed E-state index contributed by atoms with van der Waals surface area (Å²) in [4.78, 5) is 16.5. The Kier molecular flexibility index (Phi) is 4.83. The molecule has 0 amide bonds. The van der Waals surface area contributed by atoms with Gasteiger partial charge in [0.15, 0.2) is 0 Å². The highest BCUT2D eigenvalue weighted by atomic mass is 35.5. The van der Waals surface area contributed by atoms with E-state index in [0.29, 0.717) is 35.9 Å². The first-order valence-corrected chi connectivity index (χ1v) is 9.84. The van der Waals surface area contributed by atoms with E-state index in [1.807, 2.05) is 0 Å². The van der Waals surface area contributed by atoms with Gasteiger partial charge >= 0.3 is 5.97 Å². The van der Waals surface area contributed by atoms with E-state index in [0.717, 1.165) is 12.8 Å². The van der Waals surface area contributed by atoms with Gasteiger partial charge in [-0.15, -0.1) is 0 Å². The van der Waals surface area contributed by atoms with E-state index < -0.39 is 10.0 Å². The summed E-state index contributed by atoms with van der Waals surface area (Å²) in [5.41, 5.74) is 0.509. The molecule has 0 spiro atoms. The second-order valence-electron chi connectivity index (χ2n) is 5.98. The van der Waals surface area contributed by atoms with Gasteiger partial charge in [0.25, 0.3) is 10.0 Å². The summed E-state index contributed by atoms with van der Waals surface area (Å²) in [7, 11) is -3.57. The lowest BCUT2D eigenvalue weighted by atomic mass is 9.86. The van der Waals surface area contributed by atoms with Crippen LogP contribution in [0.1, 0.15) is 38.2 Å². The van der Waals surface area contributed by atoms with Crippen molar-refractivity contribution in [2.45, 2.75) is 43.5 Å². The van der Waals surface area contributed by atoms with Gasteiger partial charge in [-0.05, 0) is 50.8 Å². The zero-order chi connectivity index (χ0) is 17.3. The number of hydrogen-bond acceptors (Lipinski definition) is 5. The van der Waals surface area contributed by atoms with Crippen LogP contribution in [-0.2, 0) is 19.6 Å². The zero-order valence-electron chi connectivity index (χ0n) is 13.3. The summed E-state index contributed by atoms with van der Waals surface area (Å²) in [6, 6.07) is 4.63. The number of carbonyl (C=O) groups is 1. The third-order valence-corrected chi connectivity index (χ3v) is 5.98. The molecule has 130 valence electrons. The number of aliphatic imine (C=N–C) groups is 1. The Bertz CT molecular complexity index is 783. The van der Waals surface area contributed by atoms with Crippen LogP contribution in [-0.4, -0.2) is 32.9 Å². The number of rotatable bonds is 3. The summed E-state index contributed by atoms with van der Waals surface area (Å²) in [5, 5.41) is 0.464. The highest BCUT2D eigenvalue weighted by Crippen LogP contribution is 2.30. The van der Waals surface area contributed by atoms with E-state index >= 15 is 0 Å². The summed E-state index contributed by atoms with van der Waals surface area (Å²) >= 11 is 5.98. The molecule has 1 N–H and O–H groups in total. The van der Waals surface area contributed by atoms with Gasteiger partial charge in [-0.1, -0.05) is 11.6 Å². The number of amidine groups is 1. The first-order chi connectivity index (χ1) is 11.4. The van der Waals surface area contributed by atoms with Crippen molar-refractivity contribution in [3.63, 3.8) is 0 Å². The molecule has 0 unspecified atom stereocenters. The molecule has 24 heavy (non-hydrogen) atoms. The molecular weight excluding hydrogens is 352 g/mol. The third-order valence-electron chi connectivity index (χ3n) is 4.35. The largest absolute Gasteiger partial charge is 0.466 e. The van der Waals surface area contributed by atoms with E-state index in [-0.39, 0.29) is 22.8 Å². The van der Waals surface area contributed by atoms with Gasteiger partial charge in [0.2, 0.25) is 0 Å². The van der Waals surface area contributed by atoms with Crippen LogP contribution in [0.4, 0.5) is 0 Å². The molecule has 0 aromatic heterocycles. The molecule has 0 saturated heterocycles. The Morgan fingerprint density at radius 3 is 2.71 bits per heavy atom. The maximum Gasteiger partial charge on any atom is 0.308 e. The Hall–Kier alpha value is -1.60. The van der Waals surface area contributed by atoms with Crippen molar-refractivity contribution in [3.05, 3.63) is 28.8 Å². The van der Waals surface area contributed by atoms with Crippen LogP contribution in [0.2, 0.25) is 5.02 Å². The van der Waals surface area contributed by atoms with Gasteiger partial charge in [-0.3, -0.25) is 14.5 Å². The number of esters is 1. The first kappa shape index (κ1) is 17.2. The Morgan fingerprint density at radius 2 is 2.04 bits per heavy atom. The van der Waals surface area contributed by atoms with E-state index in [4.69, 9.17) is 16.3 Å². The number of sulfonamides is 1. The predicted octanol–water partition coefficient (Wildman–Crippen LogP) is 2.50. The van der Waals surface area contributed by atoms with Gasteiger partial charge in [0, 0.05) is 10.6 Å². The maximum atomic E-state index is 12.1. The number of benzene rings is 1. The quantitative estimate of drug-likeness (QED) is 0.828. The average molecular weight is 371 g/mol. The minimum atomic E-state index is -3.57. The lowest BCUT2D eigenvalue weighted by Gasteiger charge is -2.25. The normalized spacial score (nSPS) is 26.7. The molecule has 1 heterocycles. The number of ether oxygens (including phenoxy) is 1. The van der Waals surface area contributed by atoms with Crippen LogP contribution >= 0.6 is 11.6 Å². The van der Waals surface area contributed by atoms with Crippen molar-refractivity contribution >= 4 is 33.4 Å². The molecule has 2 aliphatic rings. The van der Waals surface area contributed by atoms with Crippen molar-refractivity contribution in [1.82, 2.24) is 4.72 Å². The molecule has 1 aromatic rings. The number of halogens is 1. The van der Waals surface area contributed by atoms with Crippen LogP contribution in [0.25, 0.3) is 0 Å². The highest BCUT2D eigenvalue weighted by Gasteiger charge is 2.33. The molecule has 1 fully saturated rings. The van der Waals surface area contributed by atoms with Gasteiger partial charge in [-0.2, -0.15) is 0 Å². The minimum Gasteiger partial charge on any atom is -0.466 e. The lowest BCUT2D eigenvalue weighted by molar-refractivity contribution is -0.149. The summed E-state index contributed by atoms with van der Waals surface area (Å²) in [6.07, 6.45) is 2.86. The first-order valence-electron chi connectivity index (χ1n) is 7.98. The predicted molar refractivity (Wildman–Crippen MR) is 90.7 cm³/mol. The number of fused-ring (bicyclic) bond motifs is 1. The van der Waals surface area contributed by atoms with Crippen molar-refractivity contribution in [2.75, 3.05) is 6.61 Å². The Labute approximate surface area is 146 Å². The zero-order valence-corrected chi connectivity index (χ0v) is 14.9. The molecular formula is C16H19ClN2O4S. The molecule has 0 bridgehead atoms. The Balaban J connectivity index is 1.75. The second-order valence-corrected chi connectivity index (χ2v) is 8.07. The fraction of sp³-hybridized carbons (Fsp3) is 0.500. The SMILES string of the molecule is CCOC(=O)C1CCC(N=C2NS(=O)(=O)c3ccc(Cl)cc32)CC1. The van der Waals surface area contributed by atoms with Crippen LogP contribution in [0.15, 0.2) is 28.1 Å². The van der Waals surface area contributed by atoms with Crippen molar-refractivity contribution < 1.29 is 17.9 Å². The summed E-state index contributed by atoms with van der Waals surface area (Å²) in [5.74, 6) is 0.109. The summed E-state index contributed by atoms with van der Waals surface area (Å²) < 4.78 is 31.8. The number of nitrogens with zero attached hydrogens (tertiary/aromatic N) is 1. The van der Waals surface area contributed by atoms with Crippen LogP contribution in [0.5, 0.6) is 0 Å². The van der Waals surface area contributed by atoms with Crippen molar-refractivity contribution in [3.8, 4) is 0 Å². The van der Waals surface area contributed by atoms with Crippen molar-refractivity contribution in [2.24, 2.45) is 10.9 Å². The van der Waals surface area contributed by atoms with Crippen LogP contribution in [0.3, 0.4) is 0 Å². The number of nitrogens with one attached hydrogen (secondary N) is 1. The van der Waals surface area contributed by atoms with Gasteiger partial charge in [0.05, 0.1) is 23.5 Å². The third kappa shape index (κ3) is 3.42. The fourth-order valence-electron chi connectivity index (χ4n) is 3.14. The molecule has 6 nitrogen and oxygen atoms in total. The molecule has 1 saturated carbocycles. The van der Waals surface area contributed by atoms with E-state index in [9.17, 15) is 13.2 Å². The van der Waals surface area contributed by atoms with E-state index in [1.54, 1.807) is 19.1 Å². The van der Waals surface area contributed by atoms with E-state index in [1.165, 1.54) is 6.07 Å². The van der Waals surface area contributed by atoms with Gasteiger partial charge < -0.3 is 4.74 Å². The van der Waals surface area contributed by atoms with E-state index in [2.05, 4.69) is 9.71 Å². The number of carbonyl (C=O) groups excluding carboxylic acids is 1. The molecule has 1 aromatic carbocycles. The molecule has 0 atom stereocenters. The monoisotopic (exact) mass is 370 g/mol. The topological polar surface area (TPSA) is 84.8 Å². The fourth-order valence-corrected chi connectivity index (χ4v) is 4.53. The number of hydrogen-bond donors (Lipinski definition) is 1. The average Bonchev–Trinajstić information content (AvgIpc) is 2.78. The molecule has 0 radical (unpaired) electrons. The van der Waals surface area contributed by atoms with Crippen LogP contribution in [0, 0.1) is 5.92 Å². The molecule has 1 aliphatic heterocycles. The lowest BCUT2D eigenvalue weighted by Crippen LogP contribution is -2.28. The Morgan fingerprint density at radius 1 is 1.33 bits per heavy atom. The van der Waals surface area contributed by atoms with Gasteiger partial charge in [0.1, 0.15) is 5.84 Å².